The Hall–Kier alpha value is -2.02. The molecule has 0 bridgehead atoms. The first-order valence-corrected chi connectivity index (χ1v) is 8.54. The Morgan fingerprint density at radius 2 is 2.00 bits per heavy atom. The summed E-state index contributed by atoms with van der Waals surface area (Å²) in [4.78, 5) is 7.44. The van der Waals surface area contributed by atoms with Gasteiger partial charge < -0.3 is 9.72 Å². The number of aromatic amines is 1. The molecule has 0 spiro atoms. The summed E-state index contributed by atoms with van der Waals surface area (Å²) in [5.74, 6) is 0.127. The van der Waals surface area contributed by atoms with Crippen molar-refractivity contribution in [2.75, 3.05) is 0 Å². The van der Waals surface area contributed by atoms with Crippen LogP contribution in [0, 0.1) is 0 Å². The van der Waals surface area contributed by atoms with Crippen molar-refractivity contribution in [2.24, 2.45) is 0 Å². The number of halogens is 3. The highest BCUT2D eigenvalue weighted by Crippen LogP contribution is 2.33. The fourth-order valence-corrected chi connectivity index (χ4v) is 3.17. The summed E-state index contributed by atoms with van der Waals surface area (Å²) in [6.07, 6.45) is -3.71. The molecule has 3 aromatic rings. The van der Waals surface area contributed by atoms with E-state index in [1.165, 1.54) is 17.4 Å². The average molecular weight is 354 g/mol. The van der Waals surface area contributed by atoms with Gasteiger partial charge in [-0.1, -0.05) is 13.8 Å². The summed E-state index contributed by atoms with van der Waals surface area (Å²) in [6.45, 7) is 4.06. The SMILES string of the molecule is CC(C)c1cc2cc(OC(F)(F)F)c(CCc3cscn3)cc2[nH]1. The van der Waals surface area contributed by atoms with Gasteiger partial charge in [0.1, 0.15) is 5.75 Å². The molecule has 0 radical (unpaired) electrons. The average Bonchev–Trinajstić information content (AvgIpc) is 3.11. The third-order valence-corrected chi connectivity index (χ3v) is 4.44. The molecule has 0 aliphatic heterocycles. The minimum atomic E-state index is -4.71. The number of H-pyrrole nitrogens is 1. The van der Waals surface area contributed by atoms with Crippen molar-refractivity contribution in [1.82, 2.24) is 9.97 Å². The lowest BCUT2D eigenvalue weighted by Gasteiger charge is -2.13. The summed E-state index contributed by atoms with van der Waals surface area (Å²) in [5.41, 5.74) is 4.91. The molecule has 3 nitrogen and oxygen atoms in total. The number of hydrogen-bond acceptors (Lipinski definition) is 3. The van der Waals surface area contributed by atoms with E-state index in [2.05, 4.69) is 14.7 Å². The molecule has 0 saturated heterocycles. The highest BCUT2D eigenvalue weighted by molar-refractivity contribution is 7.07. The highest BCUT2D eigenvalue weighted by Gasteiger charge is 2.32. The first-order chi connectivity index (χ1) is 11.3. The van der Waals surface area contributed by atoms with E-state index < -0.39 is 6.36 Å². The molecule has 0 unspecified atom stereocenters. The van der Waals surface area contributed by atoms with E-state index in [1.54, 1.807) is 11.6 Å². The van der Waals surface area contributed by atoms with Crippen LogP contribution >= 0.6 is 11.3 Å². The maximum atomic E-state index is 12.7. The second-order valence-electron chi connectivity index (χ2n) is 5.95. The molecule has 7 heteroatoms. The molecule has 1 aromatic carbocycles. The third kappa shape index (κ3) is 3.90. The van der Waals surface area contributed by atoms with Gasteiger partial charge in [0.25, 0.3) is 0 Å². The van der Waals surface area contributed by atoms with Crippen LogP contribution in [0.1, 0.15) is 36.7 Å². The van der Waals surface area contributed by atoms with Crippen LogP contribution in [0.2, 0.25) is 0 Å². The van der Waals surface area contributed by atoms with Crippen molar-refractivity contribution >= 4 is 22.2 Å². The number of thiazole rings is 1. The van der Waals surface area contributed by atoms with Crippen LogP contribution < -0.4 is 4.74 Å². The van der Waals surface area contributed by atoms with Crippen LogP contribution in [0.15, 0.2) is 29.1 Å². The van der Waals surface area contributed by atoms with Crippen molar-refractivity contribution in [3.63, 3.8) is 0 Å². The summed E-state index contributed by atoms with van der Waals surface area (Å²) in [6, 6.07) is 5.07. The summed E-state index contributed by atoms with van der Waals surface area (Å²) in [5, 5.41) is 2.62. The second-order valence-corrected chi connectivity index (χ2v) is 6.67. The van der Waals surface area contributed by atoms with Crippen LogP contribution in [0.3, 0.4) is 0 Å². The molecule has 0 aliphatic carbocycles. The number of nitrogens with zero attached hydrogens (tertiary/aromatic N) is 1. The molecule has 0 atom stereocenters. The zero-order valence-electron chi connectivity index (χ0n) is 13.3. The number of benzene rings is 1. The van der Waals surface area contributed by atoms with E-state index in [1.807, 2.05) is 25.3 Å². The van der Waals surface area contributed by atoms with Gasteiger partial charge in [-0.15, -0.1) is 24.5 Å². The van der Waals surface area contributed by atoms with Gasteiger partial charge in [-0.2, -0.15) is 0 Å². The minimum absolute atomic E-state index is 0.139. The van der Waals surface area contributed by atoms with Crippen molar-refractivity contribution < 1.29 is 17.9 Å². The zero-order chi connectivity index (χ0) is 17.3. The standard InChI is InChI=1S/C17H17F3N2OS/c1-10(2)14-6-12-7-16(23-17(18,19)20)11(5-15(12)22-14)3-4-13-8-24-9-21-13/h5-10,22H,3-4H2,1-2H3. The molecule has 0 aliphatic rings. The normalized spacial score (nSPS) is 12.2. The Morgan fingerprint density at radius 3 is 2.62 bits per heavy atom. The van der Waals surface area contributed by atoms with E-state index in [0.29, 0.717) is 18.4 Å². The van der Waals surface area contributed by atoms with Crippen molar-refractivity contribution in [3.8, 4) is 5.75 Å². The maximum absolute atomic E-state index is 12.7. The van der Waals surface area contributed by atoms with E-state index in [-0.39, 0.29) is 11.7 Å². The number of fused-ring (bicyclic) bond motifs is 1. The first-order valence-electron chi connectivity index (χ1n) is 7.60. The Balaban J connectivity index is 1.97. The molecule has 2 heterocycles. The Kier molecular flexibility index (Phi) is 4.54. The molecule has 2 aromatic heterocycles. The summed E-state index contributed by atoms with van der Waals surface area (Å²) in [7, 11) is 0. The number of rotatable bonds is 5. The summed E-state index contributed by atoms with van der Waals surface area (Å²) >= 11 is 1.47. The van der Waals surface area contributed by atoms with Gasteiger partial charge in [-0.05, 0) is 42.5 Å². The Labute approximate surface area is 141 Å². The van der Waals surface area contributed by atoms with E-state index in [0.717, 1.165) is 22.3 Å². The monoisotopic (exact) mass is 354 g/mol. The highest BCUT2D eigenvalue weighted by atomic mass is 32.1. The molecule has 0 amide bonds. The van der Waals surface area contributed by atoms with Crippen molar-refractivity contribution in [1.29, 1.82) is 0 Å². The third-order valence-electron chi connectivity index (χ3n) is 3.80. The van der Waals surface area contributed by atoms with Crippen LogP contribution in [-0.2, 0) is 12.8 Å². The quantitative estimate of drug-likeness (QED) is 0.663. The van der Waals surface area contributed by atoms with Gasteiger partial charge in [-0.3, -0.25) is 0 Å². The lowest BCUT2D eigenvalue weighted by molar-refractivity contribution is -0.274. The number of aromatic nitrogens is 2. The molecule has 1 N–H and O–H groups in total. The minimum Gasteiger partial charge on any atom is -0.405 e. The van der Waals surface area contributed by atoms with Crippen LogP contribution in [0.25, 0.3) is 10.9 Å². The van der Waals surface area contributed by atoms with Crippen molar-refractivity contribution in [3.05, 3.63) is 46.0 Å². The Morgan fingerprint density at radius 1 is 1.21 bits per heavy atom. The topological polar surface area (TPSA) is 37.9 Å². The van der Waals surface area contributed by atoms with Crippen LogP contribution in [0.4, 0.5) is 13.2 Å². The van der Waals surface area contributed by atoms with Gasteiger partial charge in [0.15, 0.2) is 0 Å². The number of ether oxygens (including phenoxy) is 1. The predicted molar refractivity (Wildman–Crippen MR) is 88.6 cm³/mol. The largest absolute Gasteiger partial charge is 0.573 e. The Bertz CT molecular complexity index is 822. The van der Waals surface area contributed by atoms with E-state index >= 15 is 0 Å². The van der Waals surface area contributed by atoms with Gasteiger partial charge in [0, 0.05) is 22.0 Å². The number of alkyl halides is 3. The number of hydrogen-bond donors (Lipinski definition) is 1. The van der Waals surface area contributed by atoms with Gasteiger partial charge in [-0.25, -0.2) is 4.98 Å². The fraction of sp³-hybridized carbons (Fsp3) is 0.353. The molecule has 128 valence electrons. The van der Waals surface area contributed by atoms with Crippen molar-refractivity contribution in [2.45, 2.75) is 39.0 Å². The molecule has 0 saturated carbocycles. The number of aryl methyl sites for hydroxylation is 2. The van der Waals surface area contributed by atoms with Gasteiger partial charge >= 0.3 is 6.36 Å². The first kappa shape index (κ1) is 16.8. The maximum Gasteiger partial charge on any atom is 0.573 e. The van der Waals surface area contributed by atoms with Gasteiger partial charge in [0.2, 0.25) is 0 Å². The fourth-order valence-electron chi connectivity index (χ4n) is 2.58. The molecule has 3 rings (SSSR count). The zero-order valence-corrected chi connectivity index (χ0v) is 14.1. The molecular weight excluding hydrogens is 337 g/mol. The molecule has 0 fully saturated rings. The van der Waals surface area contributed by atoms with Gasteiger partial charge in [0.05, 0.1) is 11.2 Å². The molecule has 24 heavy (non-hydrogen) atoms. The van der Waals surface area contributed by atoms with Crippen LogP contribution in [0.5, 0.6) is 5.75 Å². The van der Waals surface area contributed by atoms with E-state index in [9.17, 15) is 13.2 Å². The second kappa shape index (κ2) is 6.47. The lowest BCUT2D eigenvalue weighted by atomic mass is 10.1. The number of nitrogens with one attached hydrogen (secondary N) is 1. The molecular formula is C17H17F3N2OS. The smallest absolute Gasteiger partial charge is 0.405 e. The lowest BCUT2D eigenvalue weighted by Crippen LogP contribution is -2.18. The van der Waals surface area contributed by atoms with Crippen LogP contribution in [-0.4, -0.2) is 16.3 Å². The predicted octanol–water partition coefficient (Wildman–Crippen LogP) is 5.43. The van der Waals surface area contributed by atoms with E-state index in [4.69, 9.17) is 0 Å². The summed E-state index contributed by atoms with van der Waals surface area (Å²) < 4.78 is 42.4.